The monoisotopic (exact) mass is 661 g/mol. The third-order valence-corrected chi connectivity index (χ3v) is 7.65. The molecule has 10 nitrogen and oxygen atoms in total. The molecule has 0 saturated heterocycles. The molecule has 5 aromatic rings. The van der Waals surface area contributed by atoms with Crippen molar-refractivity contribution in [2.24, 2.45) is 0 Å². The highest BCUT2D eigenvalue weighted by Gasteiger charge is 2.19. The summed E-state index contributed by atoms with van der Waals surface area (Å²) in [4.78, 5) is 32.6. The van der Waals surface area contributed by atoms with E-state index in [9.17, 15) is 9.59 Å². The minimum absolute atomic E-state index is 0.266. The molecule has 2 amide bonds. The van der Waals surface area contributed by atoms with Crippen LogP contribution >= 0.6 is 23.2 Å². The molecule has 12 heteroatoms. The van der Waals surface area contributed by atoms with Gasteiger partial charge in [0.15, 0.2) is 0 Å². The zero-order chi connectivity index (χ0) is 32.6. The highest BCUT2D eigenvalue weighted by molar-refractivity contribution is 6.19. The van der Waals surface area contributed by atoms with Crippen molar-refractivity contribution in [2.75, 3.05) is 61.7 Å². The van der Waals surface area contributed by atoms with Gasteiger partial charge in [-0.05, 0) is 54.6 Å². The fourth-order valence-corrected chi connectivity index (χ4v) is 5.55. The summed E-state index contributed by atoms with van der Waals surface area (Å²) in [6, 6.07) is 23.3. The first-order valence-electron chi connectivity index (χ1n) is 14.4. The van der Waals surface area contributed by atoms with Gasteiger partial charge in [-0.2, -0.15) is 0 Å². The fraction of sp³-hybridized carbons (Fsp3) is 0.206. The van der Waals surface area contributed by atoms with Crippen molar-refractivity contribution in [2.45, 2.75) is 0 Å². The number of amides is 2. The Labute approximate surface area is 276 Å². The van der Waals surface area contributed by atoms with Gasteiger partial charge in [0.25, 0.3) is 5.91 Å². The number of carbonyl (C=O) groups excluding carboxylic acids is 2. The van der Waals surface area contributed by atoms with Crippen LogP contribution < -0.4 is 35.1 Å². The normalized spacial score (nSPS) is 10.8. The van der Waals surface area contributed by atoms with Crippen molar-refractivity contribution in [1.29, 1.82) is 0 Å². The van der Waals surface area contributed by atoms with Crippen molar-refractivity contribution in [1.82, 2.24) is 10.3 Å². The molecule has 46 heavy (non-hydrogen) atoms. The first-order chi connectivity index (χ1) is 22.4. The average Bonchev–Trinajstić information content (AvgIpc) is 3.07. The molecule has 0 aliphatic rings. The highest BCUT2D eigenvalue weighted by Crippen LogP contribution is 2.40. The van der Waals surface area contributed by atoms with E-state index in [0.717, 1.165) is 11.1 Å². The van der Waals surface area contributed by atoms with Gasteiger partial charge in [-0.1, -0.05) is 24.3 Å². The zero-order valence-electron chi connectivity index (χ0n) is 25.5. The SMILES string of the molecule is CNC(=O)c1cccc2c(Nc3cc(NC(=O)Oc4ccc(N(CCCl)CCCl)cc4)ccc3OC)c3cccc(OC)c3nc12. The van der Waals surface area contributed by atoms with E-state index in [1.54, 1.807) is 63.7 Å². The second-order valence-electron chi connectivity index (χ2n) is 10.0. The Hall–Kier alpha value is -4.93. The number of methoxy groups -OCH3 is 2. The minimum atomic E-state index is -0.665. The van der Waals surface area contributed by atoms with Gasteiger partial charge in [0, 0.05) is 54.0 Å². The van der Waals surface area contributed by atoms with Crippen LogP contribution in [0.4, 0.5) is 27.5 Å². The molecule has 0 saturated carbocycles. The van der Waals surface area contributed by atoms with E-state index in [-0.39, 0.29) is 5.91 Å². The number of nitrogens with one attached hydrogen (secondary N) is 3. The lowest BCUT2D eigenvalue weighted by Gasteiger charge is -2.22. The van der Waals surface area contributed by atoms with Crippen LogP contribution in [0.3, 0.4) is 0 Å². The van der Waals surface area contributed by atoms with Crippen LogP contribution in [0.5, 0.6) is 17.2 Å². The molecule has 0 radical (unpaired) electrons. The molecule has 0 fully saturated rings. The van der Waals surface area contributed by atoms with Gasteiger partial charge < -0.3 is 29.7 Å². The van der Waals surface area contributed by atoms with Gasteiger partial charge in [0.1, 0.15) is 22.8 Å². The maximum Gasteiger partial charge on any atom is 0.417 e. The quantitative estimate of drug-likeness (QED) is 0.0936. The minimum Gasteiger partial charge on any atom is -0.495 e. The van der Waals surface area contributed by atoms with Crippen molar-refractivity contribution in [3.8, 4) is 17.2 Å². The zero-order valence-corrected chi connectivity index (χ0v) is 27.0. The molecule has 5 rings (SSSR count). The Morgan fingerprint density at radius 1 is 0.826 bits per heavy atom. The first kappa shape index (κ1) is 32.5. The highest BCUT2D eigenvalue weighted by atomic mass is 35.5. The van der Waals surface area contributed by atoms with Crippen LogP contribution in [0.25, 0.3) is 21.8 Å². The van der Waals surface area contributed by atoms with Gasteiger partial charge >= 0.3 is 6.09 Å². The Bertz CT molecular complexity index is 1860. The molecule has 0 atom stereocenters. The molecule has 1 heterocycles. The maximum atomic E-state index is 12.9. The lowest BCUT2D eigenvalue weighted by Crippen LogP contribution is -2.27. The average molecular weight is 663 g/mol. The third kappa shape index (κ3) is 6.98. The van der Waals surface area contributed by atoms with Gasteiger partial charge in [-0.25, -0.2) is 9.78 Å². The van der Waals surface area contributed by atoms with Gasteiger partial charge in [-0.3, -0.25) is 10.1 Å². The summed E-state index contributed by atoms with van der Waals surface area (Å²) in [5.41, 5.74) is 4.12. The summed E-state index contributed by atoms with van der Waals surface area (Å²) >= 11 is 11.8. The standard InChI is InChI=1S/C34H33Cl2N5O5/c1-37-33(42)26-8-4-6-24-30(25-7-5-9-29(45-3)32(25)40-31(24)26)39-27-20-21(10-15-28(27)44-2)38-34(43)46-23-13-11-22(12-14-23)41(18-16-35)19-17-36/h4-15,20H,16-19H2,1-3H3,(H,37,42)(H,38,43)(H,39,40). The van der Waals surface area contributed by atoms with E-state index in [4.69, 9.17) is 42.4 Å². The van der Waals surface area contributed by atoms with Crippen LogP contribution in [-0.4, -0.2) is 63.1 Å². The summed E-state index contributed by atoms with van der Waals surface area (Å²) < 4.78 is 16.8. The van der Waals surface area contributed by atoms with E-state index in [0.29, 0.717) is 81.1 Å². The van der Waals surface area contributed by atoms with Crippen molar-refractivity contribution >= 4 is 79.8 Å². The number of aromatic nitrogens is 1. The Morgan fingerprint density at radius 2 is 1.50 bits per heavy atom. The molecule has 0 bridgehead atoms. The molecular formula is C34H33Cl2N5O5. The number of fused-ring (bicyclic) bond motifs is 2. The summed E-state index contributed by atoms with van der Waals surface area (Å²) in [5.74, 6) is 2.12. The summed E-state index contributed by atoms with van der Waals surface area (Å²) in [6.45, 7) is 1.30. The van der Waals surface area contributed by atoms with E-state index in [2.05, 4.69) is 20.9 Å². The van der Waals surface area contributed by atoms with E-state index >= 15 is 0 Å². The van der Waals surface area contributed by atoms with Crippen LogP contribution in [0, 0.1) is 0 Å². The molecular weight excluding hydrogens is 629 g/mol. The predicted octanol–water partition coefficient (Wildman–Crippen LogP) is 7.40. The molecule has 4 aromatic carbocycles. The predicted molar refractivity (Wildman–Crippen MR) is 185 cm³/mol. The third-order valence-electron chi connectivity index (χ3n) is 7.32. The summed E-state index contributed by atoms with van der Waals surface area (Å²) in [6.07, 6.45) is -0.665. The Kier molecular flexibility index (Phi) is 10.5. The second kappa shape index (κ2) is 14.9. The largest absolute Gasteiger partial charge is 0.495 e. The number of hydrogen-bond donors (Lipinski definition) is 3. The van der Waals surface area contributed by atoms with Crippen LogP contribution in [0.15, 0.2) is 78.9 Å². The number of rotatable bonds is 12. The number of hydrogen-bond acceptors (Lipinski definition) is 8. The smallest absolute Gasteiger partial charge is 0.417 e. The van der Waals surface area contributed by atoms with Gasteiger partial charge in [-0.15, -0.1) is 23.2 Å². The van der Waals surface area contributed by atoms with E-state index in [1.165, 1.54) is 0 Å². The molecule has 0 unspecified atom stereocenters. The second-order valence-corrected chi connectivity index (χ2v) is 10.8. The number of alkyl halides is 2. The number of benzene rings is 4. The molecule has 238 valence electrons. The van der Waals surface area contributed by atoms with Gasteiger partial charge in [0.05, 0.1) is 36.7 Å². The molecule has 3 N–H and O–H groups in total. The van der Waals surface area contributed by atoms with E-state index < -0.39 is 6.09 Å². The number of pyridine rings is 1. The molecule has 0 spiro atoms. The van der Waals surface area contributed by atoms with Crippen molar-refractivity contribution in [3.63, 3.8) is 0 Å². The van der Waals surface area contributed by atoms with Crippen molar-refractivity contribution < 1.29 is 23.8 Å². The summed E-state index contributed by atoms with van der Waals surface area (Å²) in [5, 5.41) is 10.4. The van der Waals surface area contributed by atoms with E-state index in [1.807, 2.05) is 36.4 Å². The number of halogens is 2. The molecule has 0 aliphatic carbocycles. The van der Waals surface area contributed by atoms with Crippen LogP contribution in [-0.2, 0) is 0 Å². The number of para-hydroxylation sites is 2. The van der Waals surface area contributed by atoms with Crippen molar-refractivity contribution in [3.05, 3.63) is 84.4 Å². The Morgan fingerprint density at radius 3 is 2.15 bits per heavy atom. The number of carbonyl (C=O) groups is 2. The number of nitrogens with zero attached hydrogens (tertiary/aromatic N) is 2. The number of ether oxygens (including phenoxy) is 3. The topological polar surface area (TPSA) is 114 Å². The number of anilines is 4. The first-order valence-corrected chi connectivity index (χ1v) is 15.5. The lowest BCUT2D eigenvalue weighted by molar-refractivity contribution is 0.0964. The van der Waals surface area contributed by atoms with Gasteiger partial charge in [0.2, 0.25) is 0 Å². The maximum absolute atomic E-state index is 12.9. The van der Waals surface area contributed by atoms with Crippen LogP contribution in [0.1, 0.15) is 10.4 Å². The fourth-order valence-electron chi connectivity index (χ4n) is 5.15. The molecule has 0 aliphatic heterocycles. The summed E-state index contributed by atoms with van der Waals surface area (Å²) in [7, 11) is 4.70. The van der Waals surface area contributed by atoms with Crippen LogP contribution in [0.2, 0.25) is 0 Å². The Balaban J connectivity index is 1.46. The molecule has 1 aromatic heterocycles. The lowest BCUT2D eigenvalue weighted by atomic mass is 10.0.